The molecule has 1 N–H and O–H groups in total. The van der Waals surface area contributed by atoms with Gasteiger partial charge in [0.2, 0.25) is 5.91 Å². The zero-order chi connectivity index (χ0) is 17.8. The van der Waals surface area contributed by atoms with Crippen LogP contribution in [0.25, 0.3) is 0 Å². The number of hydrogen-bond acceptors (Lipinski definition) is 3. The highest BCUT2D eigenvalue weighted by atomic mass is 32.1. The van der Waals surface area contributed by atoms with Gasteiger partial charge in [0, 0.05) is 17.7 Å². The first-order chi connectivity index (χ1) is 12.0. The van der Waals surface area contributed by atoms with Gasteiger partial charge in [-0.2, -0.15) is 0 Å². The van der Waals surface area contributed by atoms with Gasteiger partial charge in [0.25, 0.3) is 0 Å². The van der Waals surface area contributed by atoms with E-state index < -0.39 is 0 Å². The van der Waals surface area contributed by atoms with Crippen LogP contribution in [0.1, 0.15) is 69.9 Å². The van der Waals surface area contributed by atoms with Crippen LogP contribution in [-0.4, -0.2) is 11.7 Å². The van der Waals surface area contributed by atoms with Gasteiger partial charge in [-0.05, 0) is 68.4 Å². The van der Waals surface area contributed by atoms with Crippen LogP contribution in [0.15, 0.2) is 30.3 Å². The summed E-state index contributed by atoms with van der Waals surface area (Å²) in [6.45, 7) is 3.99. The fraction of sp³-hybridized carbons (Fsp3) is 0.429. The number of ketones is 1. The van der Waals surface area contributed by atoms with E-state index in [0.29, 0.717) is 0 Å². The lowest BCUT2D eigenvalue weighted by atomic mass is 9.89. The molecule has 1 amide bonds. The number of hydrogen-bond donors (Lipinski definition) is 1. The normalized spacial score (nSPS) is 14.6. The van der Waals surface area contributed by atoms with Gasteiger partial charge in [0.1, 0.15) is 0 Å². The monoisotopic (exact) mass is 355 g/mol. The van der Waals surface area contributed by atoms with E-state index in [1.54, 1.807) is 0 Å². The van der Waals surface area contributed by atoms with Crippen molar-refractivity contribution in [3.63, 3.8) is 0 Å². The van der Waals surface area contributed by atoms with E-state index in [-0.39, 0.29) is 30.6 Å². The molecule has 0 radical (unpaired) electrons. The average Bonchev–Trinajstić information content (AvgIpc) is 3.05. The highest BCUT2D eigenvalue weighted by molar-refractivity contribution is 7.14. The average molecular weight is 356 g/mol. The van der Waals surface area contributed by atoms with Crippen LogP contribution in [0.4, 0.5) is 0 Å². The summed E-state index contributed by atoms with van der Waals surface area (Å²) in [5, 5.41) is 3.03. The third-order valence-corrected chi connectivity index (χ3v) is 5.89. The van der Waals surface area contributed by atoms with Crippen molar-refractivity contribution in [2.45, 2.75) is 58.4 Å². The number of fused-ring (bicyclic) bond motifs is 1. The summed E-state index contributed by atoms with van der Waals surface area (Å²) in [4.78, 5) is 26.2. The molecule has 3 nitrogen and oxygen atoms in total. The Kier molecular flexibility index (Phi) is 5.69. The molecule has 0 aliphatic heterocycles. The van der Waals surface area contributed by atoms with E-state index in [9.17, 15) is 9.59 Å². The van der Waals surface area contributed by atoms with Crippen molar-refractivity contribution in [1.82, 2.24) is 5.32 Å². The van der Waals surface area contributed by atoms with Crippen LogP contribution >= 0.6 is 11.3 Å². The van der Waals surface area contributed by atoms with E-state index in [4.69, 9.17) is 0 Å². The zero-order valence-electron chi connectivity index (χ0n) is 14.9. The number of thiophene rings is 1. The molecule has 2 aromatic rings. The van der Waals surface area contributed by atoms with Crippen LogP contribution in [0.3, 0.4) is 0 Å². The molecular weight excluding hydrogens is 330 g/mol. The summed E-state index contributed by atoms with van der Waals surface area (Å²) in [6, 6.07) is 10.3. The largest absolute Gasteiger partial charge is 0.350 e. The Balaban J connectivity index is 1.53. The Morgan fingerprint density at radius 2 is 1.84 bits per heavy atom. The first-order valence-electron chi connectivity index (χ1n) is 9.03. The summed E-state index contributed by atoms with van der Waals surface area (Å²) >= 11 is 1.49. The first kappa shape index (κ1) is 17.9. The number of nitrogens with one attached hydrogen (secondary N) is 1. The minimum Gasteiger partial charge on any atom is -0.350 e. The maximum Gasteiger partial charge on any atom is 0.220 e. The summed E-state index contributed by atoms with van der Waals surface area (Å²) in [6.07, 6.45) is 5.34. The molecule has 0 fully saturated rings. The van der Waals surface area contributed by atoms with Gasteiger partial charge in [-0.3, -0.25) is 9.59 Å². The van der Waals surface area contributed by atoms with Gasteiger partial charge in [-0.1, -0.05) is 18.2 Å². The number of benzene rings is 1. The van der Waals surface area contributed by atoms with E-state index in [2.05, 4.69) is 23.5 Å². The second kappa shape index (κ2) is 7.96. The van der Waals surface area contributed by atoms with Crippen molar-refractivity contribution < 1.29 is 9.59 Å². The molecule has 1 aliphatic rings. The highest BCUT2D eigenvalue weighted by Gasteiger charge is 2.15. The lowest BCUT2D eigenvalue weighted by Gasteiger charge is -2.20. The van der Waals surface area contributed by atoms with Crippen molar-refractivity contribution in [3.8, 4) is 0 Å². The summed E-state index contributed by atoms with van der Waals surface area (Å²) in [7, 11) is 0. The van der Waals surface area contributed by atoms with Crippen LogP contribution in [0, 0.1) is 6.92 Å². The summed E-state index contributed by atoms with van der Waals surface area (Å²) in [5.74, 6) is -0.0125. The van der Waals surface area contributed by atoms with Gasteiger partial charge in [0.05, 0.1) is 10.9 Å². The van der Waals surface area contributed by atoms with Gasteiger partial charge < -0.3 is 5.32 Å². The minimum atomic E-state index is -0.0631. The predicted molar refractivity (Wildman–Crippen MR) is 102 cm³/mol. The molecule has 3 rings (SSSR count). The van der Waals surface area contributed by atoms with Crippen molar-refractivity contribution in [2.24, 2.45) is 0 Å². The van der Waals surface area contributed by atoms with E-state index in [1.165, 1.54) is 41.7 Å². The third kappa shape index (κ3) is 4.57. The maximum absolute atomic E-state index is 12.2. The van der Waals surface area contributed by atoms with E-state index in [1.807, 2.05) is 26.0 Å². The van der Waals surface area contributed by atoms with Crippen LogP contribution in [-0.2, 0) is 17.6 Å². The fourth-order valence-electron chi connectivity index (χ4n) is 3.35. The molecule has 25 heavy (non-hydrogen) atoms. The topological polar surface area (TPSA) is 46.2 Å². The molecule has 1 heterocycles. The number of rotatable bonds is 6. The Hall–Kier alpha value is -1.94. The standard InChI is InChI=1S/C21H25NO2S/c1-14-7-11-20(25-14)19(23)10-12-21(24)22-15(2)17-9-8-16-5-3-4-6-18(16)13-17/h7-9,11,13,15H,3-6,10,12H2,1-2H3,(H,22,24). The molecule has 0 saturated heterocycles. The Morgan fingerprint density at radius 1 is 1.08 bits per heavy atom. The van der Waals surface area contributed by atoms with Gasteiger partial charge in [0.15, 0.2) is 5.78 Å². The van der Waals surface area contributed by atoms with Gasteiger partial charge >= 0.3 is 0 Å². The van der Waals surface area contributed by atoms with Crippen molar-refractivity contribution in [1.29, 1.82) is 0 Å². The van der Waals surface area contributed by atoms with E-state index in [0.717, 1.165) is 21.7 Å². The zero-order valence-corrected chi connectivity index (χ0v) is 15.7. The molecule has 4 heteroatoms. The number of carbonyl (C=O) groups excluding carboxylic acids is 2. The summed E-state index contributed by atoms with van der Waals surface area (Å²) in [5.41, 5.74) is 4.02. The Bertz CT molecular complexity index is 778. The lowest BCUT2D eigenvalue weighted by Crippen LogP contribution is -2.27. The predicted octanol–water partition coefficient (Wildman–Crippen LogP) is 4.78. The molecule has 1 atom stereocenters. The summed E-state index contributed by atoms with van der Waals surface area (Å²) < 4.78 is 0. The quantitative estimate of drug-likeness (QED) is 0.758. The second-order valence-corrected chi connectivity index (χ2v) is 8.15. The molecule has 0 saturated carbocycles. The number of aryl methyl sites for hydroxylation is 3. The molecule has 0 spiro atoms. The third-order valence-electron chi connectivity index (χ3n) is 4.84. The maximum atomic E-state index is 12.2. The molecule has 0 bridgehead atoms. The lowest BCUT2D eigenvalue weighted by molar-refractivity contribution is -0.121. The van der Waals surface area contributed by atoms with Crippen LogP contribution in [0.5, 0.6) is 0 Å². The van der Waals surface area contributed by atoms with Crippen molar-refractivity contribution in [2.75, 3.05) is 0 Å². The Morgan fingerprint density at radius 3 is 2.56 bits per heavy atom. The molecule has 1 aromatic carbocycles. The van der Waals surface area contributed by atoms with Crippen molar-refractivity contribution >= 4 is 23.0 Å². The number of Topliss-reactive ketones (excluding diaryl/α,β-unsaturated/α-hetero) is 1. The fourth-order valence-corrected chi connectivity index (χ4v) is 4.19. The number of amides is 1. The van der Waals surface area contributed by atoms with Crippen LogP contribution in [0.2, 0.25) is 0 Å². The SMILES string of the molecule is Cc1ccc(C(=O)CCC(=O)NC(C)c2ccc3c(c2)CCCC3)s1. The molecule has 132 valence electrons. The van der Waals surface area contributed by atoms with Crippen LogP contribution < -0.4 is 5.32 Å². The Labute approximate surface area is 153 Å². The van der Waals surface area contributed by atoms with Gasteiger partial charge in [-0.25, -0.2) is 0 Å². The molecule has 1 unspecified atom stereocenters. The minimum absolute atomic E-state index is 0.0289. The molecule has 1 aliphatic carbocycles. The second-order valence-electron chi connectivity index (χ2n) is 6.86. The highest BCUT2D eigenvalue weighted by Crippen LogP contribution is 2.25. The van der Waals surface area contributed by atoms with Gasteiger partial charge in [-0.15, -0.1) is 11.3 Å². The number of carbonyl (C=O) groups is 2. The molecule has 1 aromatic heterocycles. The molecular formula is C21H25NO2S. The first-order valence-corrected chi connectivity index (χ1v) is 9.85. The smallest absolute Gasteiger partial charge is 0.220 e. The van der Waals surface area contributed by atoms with E-state index >= 15 is 0 Å². The van der Waals surface area contributed by atoms with Crippen molar-refractivity contribution in [3.05, 3.63) is 56.8 Å².